The highest BCUT2D eigenvalue weighted by Crippen LogP contribution is 2.23. The van der Waals surface area contributed by atoms with Crippen LogP contribution in [0, 0.1) is 0 Å². The first kappa shape index (κ1) is 7.31. The van der Waals surface area contributed by atoms with Crippen LogP contribution in [0.5, 0.6) is 0 Å². The molecule has 2 amide bonds. The lowest BCUT2D eigenvalue weighted by Gasteiger charge is -2.41. The lowest BCUT2D eigenvalue weighted by molar-refractivity contribution is 0.0107. The van der Waals surface area contributed by atoms with Crippen molar-refractivity contribution in [2.45, 2.75) is 12.6 Å². The second kappa shape index (κ2) is 2.11. The molecule has 0 atom stereocenters. The van der Waals surface area contributed by atoms with Gasteiger partial charge in [0, 0.05) is 7.05 Å². The number of rotatable bonds is 0. The van der Waals surface area contributed by atoms with E-state index in [1.807, 2.05) is 0 Å². The van der Waals surface area contributed by atoms with E-state index in [-0.39, 0.29) is 19.1 Å². The van der Waals surface area contributed by atoms with Crippen LogP contribution in [0.25, 0.3) is 0 Å². The SMILES string of the molecule is CNC(=O)N1CC(C)(F)C1. The van der Waals surface area contributed by atoms with Crippen LogP contribution in [0.2, 0.25) is 0 Å². The van der Waals surface area contributed by atoms with E-state index in [9.17, 15) is 9.18 Å². The van der Waals surface area contributed by atoms with Gasteiger partial charge in [-0.1, -0.05) is 0 Å². The van der Waals surface area contributed by atoms with E-state index in [2.05, 4.69) is 5.32 Å². The number of nitrogens with zero attached hydrogens (tertiary/aromatic N) is 1. The minimum atomic E-state index is -1.16. The molecule has 0 saturated carbocycles. The molecule has 1 rings (SSSR count). The molecule has 0 bridgehead atoms. The number of amides is 2. The maximum absolute atomic E-state index is 12.7. The Morgan fingerprint density at radius 3 is 2.50 bits per heavy atom. The summed E-state index contributed by atoms with van der Waals surface area (Å²) in [5.74, 6) is 0. The molecule has 0 unspecified atom stereocenters. The minimum Gasteiger partial charge on any atom is -0.341 e. The second-order valence-corrected chi connectivity index (χ2v) is 2.82. The standard InChI is InChI=1S/C6H11FN2O/c1-6(7)3-9(4-6)5(10)8-2/h3-4H2,1-2H3,(H,8,10). The van der Waals surface area contributed by atoms with Crippen molar-refractivity contribution in [3.05, 3.63) is 0 Å². The van der Waals surface area contributed by atoms with Crippen LogP contribution in [0.4, 0.5) is 9.18 Å². The van der Waals surface area contributed by atoms with Crippen LogP contribution in [0.15, 0.2) is 0 Å². The van der Waals surface area contributed by atoms with Gasteiger partial charge in [0.15, 0.2) is 0 Å². The topological polar surface area (TPSA) is 32.3 Å². The van der Waals surface area contributed by atoms with Crippen molar-refractivity contribution >= 4 is 6.03 Å². The summed E-state index contributed by atoms with van der Waals surface area (Å²) in [5.41, 5.74) is -1.16. The third-order valence-electron chi connectivity index (χ3n) is 1.54. The van der Waals surface area contributed by atoms with E-state index in [4.69, 9.17) is 0 Å². The summed E-state index contributed by atoms with van der Waals surface area (Å²) in [7, 11) is 1.54. The van der Waals surface area contributed by atoms with E-state index in [0.717, 1.165) is 0 Å². The van der Waals surface area contributed by atoms with Gasteiger partial charge < -0.3 is 10.2 Å². The van der Waals surface area contributed by atoms with Crippen molar-refractivity contribution in [1.29, 1.82) is 0 Å². The van der Waals surface area contributed by atoms with Crippen LogP contribution >= 0.6 is 0 Å². The van der Waals surface area contributed by atoms with Crippen LogP contribution in [0.1, 0.15) is 6.92 Å². The quantitative estimate of drug-likeness (QED) is 0.526. The van der Waals surface area contributed by atoms with E-state index in [1.165, 1.54) is 18.9 Å². The highest BCUT2D eigenvalue weighted by molar-refractivity contribution is 5.75. The zero-order valence-corrected chi connectivity index (χ0v) is 6.15. The maximum atomic E-state index is 12.7. The van der Waals surface area contributed by atoms with Gasteiger partial charge in [0.1, 0.15) is 5.67 Å². The van der Waals surface area contributed by atoms with Crippen LogP contribution < -0.4 is 5.32 Å². The Labute approximate surface area is 59.2 Å². The number of urea groups is 1. The monoisotopic (exact) mass is 146 g/mol. The van der Waals surface area contributed by atoms with Gasteiger partial charge in [-0.2, -0.15) is 0 Å². The molecule has 4 heteroatoms. The zero-order valence-electron chi connectivity index (χ0n) is 6.15. The largest absolute Gasteiger partial charge is 0.341 e. The molecule has 58 valence electrons. The van der Waals surface area contributed by atoms with Crippen molar-refractivity contribution < 1.29 is 9.18 Å². The second-order valence-electron chi connectivity index (χ2n) is 2.82. The Bertz CT molecular complexity index is 150. The van der Waals surface area contributed by atoms with E-state index >= 15 is 0 Å². The molecule has 10 heavy (non-hydrogen) atoms. The molecule has 0 spiro atoms. The van der Waals surface area contributed by atoms with Gasteiger partial charge in [0.05, 0.1) is 13.1 Å². The number of carbonyl (C=O) groups excluding carboxylic acids is 1. The summed E-state index contributed by atoms with van der Waals surface area (Å²) < 4.78 is 12.7. The Morgan fingerprint density at radius 1 is 1.70 bits per heavy atom. The normalized spacial score (nSPS) is 21.7. The Kier molecular flexibility index (Phi) is 1.54. The summed E-state index contributed by atoms with van der Waals surface area (Å²) in [4.78, 5) is 12.2. The summed E-state index contributed by atoms with van der Waals surface area (Å²) >= 11 is 0. The first-order valence-electron chi connectivity index (χ1n) is 3.21. The molecule has 0 aromatic rings. The van der Waals surface area contributed by atoms with Crippen molar-refractivity contribution in [1.82, 2.24) is 10.2 Å². The first-order chi connectivity index (χ1) is 4.55. The van der Waals surface area contributed by atoms with Crippen molar-refractivity contribution in [3.8, 4) is 0 Å². The smallest absolute Gasteiger partial charge is 0.317 e. The van der Waals surface area contributed by atoms with Crippen molar-refractivity contribution in [2.24, 2.45) is 0 Å². The third kappa shape index (κ3) is 1.20. The van der Waals surface area contributed by atoms with Gasteiger partial charge in [0.2, 0.25) is 0 Å². The van der Waals surface area contributed by atoms with Crippen LogP contribution in [-0.4, -0.2) is 36.7 Å². The number of halogens is 1. The predicted octanol–water partition coefficient (Wildman–Crippen LogP) is 0.370. The highest BCUT2D eigenvalue weighted by Gasteiger charge is 2.41. The molecule has 1 N–H and O–H groups in total. The first-order valence-corrected chi connectivity index (χ1v) is 3.21. The summed E-state index contributed by atoms with van der Waals surface area (Å²) in [5, 5.41) is 2.42. The summed E-state index contributed by atoms with van der Waals surface area (Å²) in [6, 6.07) is -0.199. The highest BCUT2D eigenvalue weighted by atomic mass is 19.1. The molecule has 1 heterocycles. The zero-order chi connectivity index (χ0) is 7.78. The molecule has 1 fully saturated rings. The molecule has 1 aliphatic heterocycles. The summed E-state index contributed by atoms with van der Waals surface area (Å²) in [6.45, 7) is 1.92. The molecule has 0 aromatic heterocycles. The lowest BCUT2D eigenvalue weighted by atomic mass is 10.0. The Hall–Kier alpha value is -0.800. The summed E-state index contributed by atoms with van der Waals surface area (Å²) in [6.07, 6.45) is 0. The molecular formula is C6H11FN2O. The predicted molar refractivity (Wildman–Crippen MR) is 35.5 cm³/mol. The molecule has 0 aromatic carbocycles. The van der Waals surface area contributed by atoms with Gasteiger partial charge in [-0.15, -0.1) is 0 Å². The maximum Gasteiger partial charge on any atom is 0.317 e. The number of alkyl halides is 1. The van der Waals surface area contributed by atoms with Crippen molar-refractivity contribution in [3.63, 3.8) is 0 Å². The molecule has 3 nitrogen and oxygen atoms in total. The van der Waals surface area contributed by atoms with Crippen LogP contribution in [-0.2, 0) is 0 Å². The van der Waals surface area contributed by atoms with Gasteiger partial charge in [-0.05, 0) is 6.92 Å². The lowest BCUT2D eigenvalue weighted by Crippen LogP contribution is -2.61. The third-order valence-corrected chi connectivity index (χ3v) is 1.54. The number of nitrogens with one attached hydrogen (secondary N) is 1. The van der Waals surface area contributed by atoms with Gasteiger partial charge in [-0.25, -0.2) is 9.18 Å². The Morgan fingerprint density at radius 2 is 2.20 bits per heavy atom. The van der Waals surface area contributed by atoms with Gasteiger partial charge in [-0.3, -0.25) is 0 Å². The average molecular weight is 146 g/mol. The fourth-order valence-corrected chi connectivity index (χ4v) is 1.05. The average Bonchev–Trinajstić information content (AvgIpc) is 1.81. The van der Waals surface area contributed by atoms with Gasteiger partial charge in [0.25, 0.3) is 0 Å². The van der Waals surface area contributed by atoms with Gasteiger partial charge >= 0.3 is 6.03 Å². The number of hydrogen-bond acceptors (Lipinski definition) is 1. The van der Waals surface area contributed by atoms with E-state index in [0.29, 0.717) is 0 Å². The fourth-order valence-electron chi connectivity index (χ4n) is 1.05. The molecule has 1 saturated heterocycles. The number of likely N-dealkylation sites (tertiary alicyclic amines) is 1. The molecule has 0 aliphatic carbocycles. The number of carbonyl (C=O) groups is 1. The van der Waals surface area contributed by atoms with Crippen LogP contribution in [0.3, 0.4) is 0 Å². The molecule has 1 aliphatic rings. The molecular weight excluding hydrogens is 135 g/mol. The van der Waals surface area contributed by atoms with E-state index < -0.39 is 5.67 Å². The fraction of sp³-hybridized carbons (Fsp3) is 0.833. The van der Waals surface area contributed by atoms with Crippen molar-refractivity contribution in [2.75, 3.05) is 20.1 Å². The number of hydrogen-bond donors (Lipinski definition) is 1. The molecule has 0 radical (unpaired) electrons. The Balaban J connectivity index is 2.33. The minimum absolute atomic E-state index is 0.199. The van der Waals surface area contributed by atoms with E-state index in [1.54, 1.807) is 0 Å².